The van der Waals surface area contributed by atoms with Gasteiger partial charge in [-0.25, -0.2) is 4.39 Å². The van der Waals surface area contributed by atoms with Crippen LogP contribution in [0.2, 0.25) is 0 Å². The highest BCUT2D eigenvalue weighted by molar-refractivity contribution is 5.86. The second kappa shape index (κ2) is 8.75. The number of aliphatic imine (C=N–C) groups is 1. The summed E-state index contributed by atoms with van der Waals surface area (Å²) in [5.41, 5.74) is 4.34. The first kappa shape index (κ1) is 20.4. The molecule has 1 aliphatic carbocycles. The maximum atomic E-state index is 12.6. The van der Waals surface area contributed by atoms with Gasteiger partial charge in [0.15, 0.2) is 6.17 Å². The SMILES string of the molecule is CN(C)C1=CC[C@@H]2NC(=C3C=N[C@H](N(C)C)C(OCC(O)CF)=C3)C=CC2=C1. The van der Waals surface area contributed by atoms with Gasteiger partial charge in [0.2, 0.25) is 0 Å². The molecule has 3 rings (SSSR count). The third-order valence-electron chi connectivity index (χ3n) is 4.90. The van der Waals surface area contributed by atoms with Crippen LogP contribution in [0.25, 0.3) is 0 Å². The molecule has 0 aromatic rings. The van der Waals surface area contributed by atoms with Gasteiger partial charge in [0.25, 0.3) is 0 Å². The standard InChI is InChI=1S/C21H29FN4O2/c1-25(2)16-6-8-18-14(9-16)5-7-19(24-18)15-10-20(28-13-17(27)11-22)21(23-12-15)26(3)4/h5-7,9-10,12,17-18,21,24,27H,8,11,13H2,1-4H3/t17?,18-,21+/m0/s1. The molecule has 2 heterocycles. The number of nitrogens with one attached hydrogen (secondary N) is 1. The van der Waals surface area contributed by atoms with Crippen molar-refractivity contribution in [1.82, 2.24) is 15.1 Å². The number of likely N-dealkylation sites (N-methyl/N-ethyl adjacent to an activating group) is 2. The number of allylic oxidation sites excluding steroid dienone is 4. The Bertz CT molecular complexity index is 777. The van der Waals surface area contributed by atoms with Gasteiger partial charge in [0.1, 0.15) is 25.1 Å². The van der Waals surface area contributed by atoms with Crippen LogP contribution in [-0.2, 0) is 4.74 Å². The van der Waals surface area contributed by atoms with Crippen molar-refractivity contribution in [3.63, 3.8) is 0 Å². The number of rotatable bonds is 6. The van der Waals surface area contributed by atoms with E-state index in [1.54, 1.807) is 0 Å². The molecule has 0 spiro atoms. The number of dihydropyridines is 1. The second-order valence-corrected chi connectivity index (χ2v) is 7.58. The van der Waals surface area contributed by atoms with Crippen LogP contribution in [0.15, 0.2) is 63.7 Å². The van der Waals surface area contributed by atoms with E-state index in [2.05, 4.69) is 33.4 Å². The van der Waals surface area contributed by atoms with E-state index in [9.17, 15) is 9.50 Å². The van der Waals surface area contributed by atoms with Gasteiger partial charge < -0.3 is 20.1 Å². The Morgan fingerprint density at radius 1 is 1.29 bits per heavy atom. The lowest BCUT2D eigenvalue weighted by Crippen LogP contribution is -2.36. The summed E-state index contributed by atoms with van der Waals surface area (Å²) in [6, 6.07) is 0.224. The molecule has 0 bridgehead atoms. The first-order chi connectivity index (χ1) is 13.4. The molecule has 28 heavy (non-hydrogen) atoms. The van der Waals surface area contributed by atoms with Gasteiger partial charge in [-0.05, 0) is 44.3 Å². The minimum absolute atomic E-state index is 0.0955. The molecule has 7 heteroatoms. The Morgan fingerprint density at radius 2 is 2.07 bits per heavy atom. The third-order valence-corrected chi connectivity index (χ3v) is 4.90. The minimum Gasteiger partial charge on any atom is -0.491 e. The Balaban J connectivity index is 1.83. The van der Waals surface area contributed by atoms with E-state index in [1.807, 2.05) is 51.5 Å². The van der Waals surface area contributed by atoms with Crippen LogP contribution in [-0.4, -0.2) is 80.9 Å². The van der Waals surface area contributed by atoms with Crippen molar-refractivity contribution in [2.45, 2.75) is 24.7 Å². The molecule has 1 unspecified atom stereocenters. The largest absolute Gasteiger partial charge is 0.491 e. The summed E-state index contributed by atoms with van der Waals surface area (Å²) < 4.78 is 18.2. The van der Waals surface area contributed by atoms with E-state index in [0.717, 1.165) is 17.7 Å². The molecule has 0 aromatic heterocycles. The lowest BCUT2D eigenvalue weighted by Gasteiger charge is -2.31. The fourth-order valence-corrected chi connectivity index (χ4v) is 3.30. The van der Waals surface area contributed by atoms with Gasteiger partial charge in [-0.3, -0.25) is 9.89 Å². The van der Waals surface area contributed by atoms with Crippen LogP contribution >= 0.6 is 0 Å². The third kappa shape index (κ3) is 4.54. The zero-order valence-corrected chi connectivity index (χ0v) is 16.9. The zero-order valence-electron chi connectivity index (χ0n) is 16.9. The zero-order chi connectivity index (χ0) is 20.3. The van der Waals surface area contributed by atoms with E-state index in [0.29, 0.717) is 5.76 Å². The van der Waals surface area contributed by atoms with Crippen LogP contribution < -0.4 is 5.32 Å². The summed E-state index contributed by atoms with van der Waals surface area (Å²) in [5.74, 6) is 0.595. The van der Waals surface area contributed by atoms with Crippen LogP contribution in [0.4, 0.5) is 4.39 Å². The molecule has 2 N–H and O–H groups in total. The first-order valence-electron chi connectivity index (χ1n) is 9.45. The Hall–Kier alpha value is -2.38. The summed E-state index contributed by atoms with van der Waals surface area (Å²) in [6.07, 6.45) is 11.8. The summed E-state index contributed by atoms with van der Waals surface area (Å²) in [5, 5.41) is 13.1. The Labute approximate surface area is 166 Å². The molecule has 0 fully saturated rings. The molecule has 0 aromatic carbocycles. The van der Waals surface area contributed by atoms with E-state index in [-0.39, 0.29) is 18.8 Å². The molecule has 3 atom stereocenters. The molecule has 2 aliphatic heterocycles. The summed E-state index contributed by atoms with van der Waals surface area (Å²) in [7, 11) is 7.88. The summed E-state index contributed by atoms with van der Waals surface area (Å²) in [4.78, 5) is 8.59. The lowest BCUT2D eigenvalue weighted by molar-refractivity contribution is 0.0414. The smallest absolute Gasteiger partial charge is 0.159 e. The number of alkyl halides is 1. The summed E-state index contributed by atoms with van der Waals surface area (Å²) >= 11 is 0. The predicted molar refractivity (Wildman–Crippen MR) is 110 cm³/mol. The lowest BCUT2D eigenvalue weighted by atomic mass is 9.92. The number of aliphatic hydroxyl groups is 1. The molecule has 152 valence electrons. The Morgan fingerprint density at radius 3 is 2.75 bits per heavy atom. The van der Waals surface area contributed by atoms with Crippen LogP contribution in [0.1, 0.15) is 6.42 Å². The van der Waals surface area contributed by atoms with Crippen molar-refractivity contribution in [1.29, 1.82) is 0 Å². The van der Waals surface area contributed by atoms with E-state index in [1.165, 1.54) is 11.3 Å². The molecule has 0 amide bonds. The fourth-order valence-electron chi connectivity index (χ4n) is 3.30. The van der Waals surface area contributed by atoms with Gasteiger partial charge in [0.05, 0.1) is 6.04 Å². The van der Waals surface area contributed by atoms with Crippen LogP contribution in [0.5, 0.6) is 0 Å². The van der Waals surface area contributed by atoms with Gasteiger partial charge >= 0.3 is 0 Å². The van der Waals surface area contributed by atoms with Crippen molar-refractivity contribution in [2.75, 3.05) is 41.5 Å². The number of aliphatic hydroxyl groups excluding tert-OH is 1. The topological polar surface area (TPSA) is 60.3 Å². The molecule has 0 saturated carbocycles. The van der Waals surface area contributed by atoms with Crippen molar-refractivity contribution in [3.8, 4) is 0 Å². The summed E-state index contributed by atoms with van der Waals surface area (Å²) in [6.45, 7) is -0.928. The second-order valence-electron chi connectivity index (χ2n) is 7.58. The number of hydrogen-bond acceptors (Lipinski definition) is 6. The van der Waals surface area contributed by atoms with Crippen LogP contribution in [0.3, 0.4) is 0 Å². The first-order valence-corrected chi connectivity index (χ1v) is 9.45. The van der Waals surface area contributed by atoms with E-state index < -0.39 is 12.8 Å². The normalized spacial score (nSPS) is 27.5. The highest BCUT2D eigenvalue weighted by Gasteiger charge is 2.25. The van der Waals surface area contributed by atoms with Gasteiger partial charge in [-0.1, -0.05) is 12.2 Å². The monoisotopic (exact) mass is 388 g/mol. The number of nitrogens with zero attached hydrogens (tertiary/aromatic N) is 3. The fraction of sp³-hybridized carbons (Fsp3) is 0.476. The average molecular weight is 388 g/mol. The number of fused-ring (bicyclic) bond motifs is 1. The maximum Gasteiger partial charge on any atom is 0.159 e. The molecule has 3 aliphatic rings. The minimum atomic E-state index is -1.13. The predicted octanol–water partition coefficient (Wildman–Crippen LogP) is 1.75. The van der Waals surface area contributed by atoms with Crippen molar-refractivity contribution >= 4 is 6.21 Å². The van der Waals surface area contributed by atoms with Crippen molar-refractivity contribution in [3.05, 3.63) is 58.7 Å². The van der Waals surface area contributed by atoms with Crippen molar-refractivity contribution < 1.29 is 14.2 Å². The number of hydrogen-bond donors (Lipinski definition) is 2. The van der Waals surface area contributed by atoms with Gasteiger partial charge in [-0.2, -0.15) is 0 Å². The molecule has 0 radical (unpaired) electrons. The highest BCUT2D eigenvalue weighted by Crippen LogP contribution is 2.27. The molecular formula is C21H29FN4O2. The van der Waals surface area contributed by atoms with Gasteiger partial charge in [0, 0.05) is 37.3 Å². The average Bonchev–Trinajstić information content (AvgIpc) is 2.70. The maximum absolute atomic E-state index is 12.6. The van der Waals surface area contributed by atoms with E-state index >= 15 is 0 Å². The molecule has 0 saturated heterocycles. The van der Waals surface area contributed by atoms with Crippen LogP contribution in [0, 0.1) is 0 Å². The van der Waals surface area contributed by atoms with Gasteiger partial charge in [-0.15, -0.1) is 0 Å². The highest BCUT2D eigenvalue weighted by atomic mass is 19.1. The van der Waals surface area contributed by atoms with E-state index in [4.69, 9.17) is 4.74 Å². The number of ether oxygens (including phenoxy) is 1. The van der Waals surface area contributed by atoms with Crippen molar-refractivity contribution in [2.24, 2.45) is 4.99 Å². The Kier molecular flexibility index (Phi) is 6.36. The number of halogens is 1. The molecule has 6 nitrogen and oxygen atoms in total. The molecular weight excluding hydrogens is 359 g/mol. The quantitative estimate of drug-likeness (QED) is 0.726.